The molecule has 0 aromatic heterocycles. The van der Waals surface area contributed by atoms with E-state index in [2.05, 4.69) is 9.73 Å². The molecule has 150 valence electrons. The lowest BCUT2D eigenvalue weighted by atomic mass is 9.92. The van der Waals surface area contributed by atoms with Crippen LogP contribution in [0.4, 0.5) is 23.2 Å². The maximum Gasteiger partial charge on any atom is 0.432 e. The number of hydrogen-bond acceptors (Lipinski definition) is 5. The summed E-state index contributed by atoms with van der Waals surface area (Å²) in [5, 5.41) is 10.1. The topological polar surface area (TPSA) is 68.1 Å². The van der Waals surface area contributed by atoms with Crippen LogP contribution in [0.15, 0.2) is 47.5 Å². The van der Waals surface area contributed by atoms with E-state index in [4.69, 9.17) is 4.74 Å². The summed E-state index contributed by atoms with van der Waals surface area (Å²) in [6.45, 7) is 0.983. The number of alkyl halides is 3. The highest BCUT2D eigenvalue weighted by Gasteiger charge is 2.62. The molecule has 0 spiro atoms. The second kappa shape index (κ2) is 8.39. The van der Waals surface area contributed by atoms with Gasteiger partial charge in [0.15, 0.2) is 0 Å². The molecule has 0 saturated carbocycles. The number of hydrogen-bond donors (Lipinski definition) is 1. The molecule has 0 unspecified atom stereocenters. The average molecular weight is 399 g/mol. The molecule has 0 fully saturated rings. The van der Waals surface area contributed by atoms with Crippen LogP contribution in [0.3, 0.4) is 0 Å². The lowest BCUT2D eigenvalue weighted by molar-refractivity contribution is -0.267. The molecule has 2 aromatic rings. The molecule has 0 radical (unpaired) electrons. The van der Waals surface area contributed by atoms with Gasteiger partial charge in [0, 0.05) is 11.8 Å². The summed E-state index contributed by atoms with van der Waals surface area (Å²) in [4.78, 5) is 15.9. The highest BCUT2D eigenvalue weighted by atomic mass is 19.4. The number of aliphatic imine (C=N–C) groups is 1. The molecule has 1 N–H and O–H groups in total. The fourth-order valence-corrected chi connectivity index (χ4v) is 2.34. The van der Waals surface area contributed by atoms with Crippen LogP contribution in [0.1, 0.15) is 18.1 Å². The van der Waals surface area contributed by atoms with Crippen molar-refractivity contribution in [1.29, 1.82) is 0 Å². The summed E-state index contributed by atoms with van der Waals surface area (Å²) in [5.74, 6) is -2.38. The summed E-state index contributed by atoms with van der Waals surface area (Å²) in [6.07, 6.45) is -3.96. The first-order chi connectivity index (χ1) is 13.1. The Morgan fingerprint density at radius 2 is 1.82 bits per heavy atom. The van der Waals surface area contributed by atoms with Crippen molar-refractivity contribution in [3.05, 3.63) is 59.4 Å². The van der Waals surface area contributed by atoms with E-state index in [1.165, 1.54) is 44.5 Å². The Balaban J connectivity index is 2.45. The van der Waals surface area contributed by atoms with E-state index >= 15 is 0 Å². The van der Waals surface area contributed by atoms with Crippen LogP contribution in [-0.4, -0.2) is 37.2 Å². The lowest BCUT2D eigenvalue weighted by Crippen LogP contribution is -2.50. The van der Waals surface area contributed by atoms with Crippen molar-refractivity contribution >= 4 is 17.9 Å². The van der Waals surface area contributed by atoms with E-state index < -0.39 is 29.1 Å². The predicted molar refractivity (Wildman–Crippen MR) is 93.2 cm³/mol. The second-order valence-electron chi connectivity index (χ2n) is 5.63. The number of carbonyl (C=O) groups is 1. The number of halogens is 4. The highest BCUT2D eigenvalue weighted by molar-refractivity contribution is 5.84. The summed E-state index contributed by atoms with van der Waals surface area (Å²) >= 11 is 0. The van der Waals surface area contributed by atoms with Gasteiger partial charge in [-0.25, -0.2) is 9.18 Å². The highest BCUT2D eigenvalue weighted by Crippen LogP contribution is 2.42. The quantitative estimate of drug-likeness (QED) is 0.455. The Morgan fingerprint density at radius 1 is 1.18 bits per heavy atom. The van der Waals surface area contributed by atoms with Gasteiger partial charge in [-0.05, 0) is 36.8 Å². The van der Waals surface area contributed by atoms with E-state index in [-0.39, 0.29) is 18.0 Å². The van der Waals surface area contributed by atoms with E-state index in [1.54, 1.807) is 0 Å². The van der Waals surface area contributed by atoms with Crippen molar-refractivity contribution in [2.45, 2.75) is 18.7 Å². The molecule has 0 bridgehead atoms. The smallest absolute Gasteiger partial charge is 0.432 e. The van der Waals surface area contributed by atoms with E-state index in [9.17, 15) is 27.5 Å². The molecule has 9 heteroatoms. The van der Waals surface area contributed by atoms with Gasteiger partial charge in [0.05, 0.1) is 13.7 Å². The largest absolute Gasteiger partial charge is 0.494 e. The Kier molecular flexibility index (Phi) is 6.40. The number of esters is 1. The Labute approximate surface area is 158 Å². The van der Waals surface area contributed by atoms with Crippen LogP contribution in [0.5, 0.6) is 5.75 Å². The van der Waals surface area contributed by atoms with Gasteiger partial charge in [-0.3, -0.25) is 4.99 Å². The SMILES string of the molecule is CCOC(=O)[C@](O)(c1ccc(N=Cc2ccc(F)cc2)c(OC)c1)C(F)(F)F. The van der Waals surface area contributed by atoms with Gasteiger partial charge < -0.3 is 14.6 Å². The number of methoxy groups -OCH3 is 1. The molecular weight excluding hydrogens is 382 g/mol. The molecule has 5 nitrogen and oxygen atoms in total. The van der Waals surface area contributed by atoms with Crippen molar-refractivity contribution in [2.24, 2.45) is 4.99 Å². The number of carbonyl (C=O) groups excluding carboxylic acids is 1. The van der Waals surface area contributed by atoms with Crippen LogP contribution >= 0.6 is 0 Å². The average Bonchev–Trinajstić information content (AvgIpc) is 2.66. The first-order valence-corrected chi connectivity index (χ1v) is 8.08. The van der Waals surface area contributed by atoms with Gasteiger partial charge in [-0.15, -0.1) is 0 Å². The van der Waals surface area contributed by atoms with Crippen molar-refractivity contribution in [2.75, 3.05) is 13.7 Å². The molecular formula is C19H17F4NO4. The first kappa shape index (κ1) is 21.4. The zero-order valence-electron chi connectivity index (χ0n) is 15.0. The van der Waals surface area contributed by atoms with Crippen molar-refractivity contribution in [3.63, 3.8) is 0 Å². The molecule has 2 aromatic carbocycles. The van der Waals surface area contributed by atoms with Crippen molar-refractivity contribution in [1.82, 2.24) is 0 Å². The minimum atomic E-state index is -5.32. The summed E-state index contributed by atoms with van der Waals surface area (Å²) in [5.41, 5.74) is -3.93. The zero-order chi connectivity index (χ0) is 20.9. The van der Waals surface area contributed by atoms with E-state index in [1.807, 2.05) is 0 Å². The molecule has 0 amide bonds. The fourth-order valence-electron chi connectivity index (χ4n) is 2.34. The predicted octanol–water partition coefficient (Wildman–Crippen LogP) is 3.90. The molecule has 1 atom stereocenters. The Morgan fingerprint density at radius 3 is 2.36 bits per heavy atom. The number of aliphatic hydroxyl groups is 1. The zero-order valence-corrected chi connectivity index (χ0v) is 15.0. The van der Waals surface area contributed by atoms with Gasteiger partial charge in [-0.1, -0.05) is 18.2 Å². The number of nitrogens with zero attached hydrogens (tertiary/aromatic N) is 1. The molecule has 2 rings (SSSR count). The standard InChI is InChI=1S/C19H17F4NO4/c1-3-28-17(25)18(26,19(21,22)23)13-6-9-15(16(10-13)27-2)24-11-12-4-7-14(20)8-5-12/h4-11,26H,3H2,1-2H3/t18-/m1/s1. The third kappa shape index (κ3) is 4.30. The maximum absolute atomic E-state index is 13.5. The Bertz CT molecular complexity index is 865. The summed E-state index contributed by atoms with van der Waals surface area (Å²) in [6, 6.07) is 8.30. The summed E-state index contributed by atoms with van der Waals surface area (Å²) < 4.78 is 62.7. The molecule has 0 aliphatic heterocycles. The second-order valence-corrected chi connectivity index (χ2v) is 5.63. The van der Waals surface area contributed by atoms with Crippen LogP contribution < -0.4 is 4.74 Å². The van der Waals surface area contributed by atoms with E-state index in [0.29, 0.717) is 5.56 Å². The van der Waals surface area contributed by atoms with Crippen molar-refractivity contribution in [3.8, 4) is 5.75 Å². The van der Waals surface area contributed by atoms with Gasteiger partial charge in [-0.2, -0.15) is 13.2 Å². The lowest BCUT2D eigenvalue weighted by Gasteiger charge is -2.28. The van der Waals surface area contributed by atoms with Crippen LogP contribution in [0.2, 0.25) is 0 Å². The number of rotatable bonds is 6. The first-order valence-electron chi connectivity index (χ1n) is 8.08. The Hall–Kier alpha value is -2.94. The van der Waals surface area contributed by atoms with Crippen molar-refractivity contribution < 1.29 is 36.9 Å². The molecule has 0 heterocycles. The minimum Gasteiger partial charge on any atom is -0.494 e. The molecule has 0 aliphatic rings. The van der Waals surface area contributed by atoms with Crippen LogP contribution in [-0.2, 0) is 15.1 Å². The molecule has 0 saturated heterocycles. The molecule has 28 heavy (non-hydrogen) atoms. The number of benzene rings is 2. The normalized spacial score (nSPS) is 14.0. The van der Waals surface area contributed by atoms with Gasteiger partial charge >= 0.3 is 12.1 Å². The minimum absolute atomic E-state index is 0.108. The monoisotopic (exact) mass is 399 g/mol. The van der Waals surface area contributed by atoms with Gasteiger partial charge in [0.1, 0.15) is 17.3 Å². The summed E-state index contributed by atoms with van der Waals surface area (Å²) in [7, 11) is 1.20. The van der Waals surface area contributed by atoms with Gasteiger partial charge in [0.2, 0.25) is 0 Å². The van der Waals surface area contributed by atoms with Gasteiger partial charge in [0.25, 0.3) is 5.60 Å². The van der Waals surface area contributed by atoms with Crippen LogP contribution in [0.25, 0.3) is 0 Å². The van der Waals surface area contributed by atoms with Crippen LogP contribution in [0, 0.1) is 5.82 Å². The third-order valence-electron chi connectivity index (χ3n) is 3.80. The number of ether oxygens (including phenoxy) is 2. The fraction of sp³-hybridized carbons (Fsp3) is 0.263. The molecule has 0 aliphatic carbocycles. The van der Waals surface area contributed by atoms with E-state index in [0.717, 1.165) is 18.2 Å². The maximum atomic E-state index is 13.5. The third-order valence-corrected chi connectivity index (χ3v) is 3.80.